The molecule has 1 aromatic rings. The van der Waals surface area contributed by atoms with Crippen LogP contribution >= 0.6 is 0 Å². The Labute approximate surface area is 97.3 Å². The van der Waals surface area contributed by atoms with Crippen LogP contribution in [-0.4, -0.2) is 47.6 Å². The van der Waals surface area contributed by atoms with Crippen molar-refractivity contribution in [2.75, 3.05) is 32.1 Å². The van der Waals surface area contributed by atoms with E-state index >= 15 is 0 Å². The summed E-state index contributed by atoms with van der Waals surface area (Å²) in [5, 5.41) is 0. The molecule has 16 heavy (non-hydrogen) atoms. The first-order chi connectivity index (χ1) is 7.51. The summed E-state index contributed by atoms with van der Waals surface area (Å²) < 4.78 is 0. The van der Waals surface area contributed by atoms with Gasteiger partial charge < -0.3 is 9.80 Å². The Morgan fingerprint density at radius 3 is 2.44 bits per heavy atom. The SMILES string of the molecule is Cc1cnc(N2CCC(C)(N(C)C)C2)nc1. The number of nitrogens with zero attached hydrogens (tertiary/aromatic N) is 4. The van der Waals surface area contributed by atoms with E-state index in [1.54, 1.807) is 0 Å². The Morgan fingerprint density at radius 1 is 1.31 bits per heavy atom. The molecule has 1 aliphatic rings. The molecule has 1 saturated heterocycles. The Bertz CT molecular complexity index is 360. The van der Waals surface area contributed by atoms with E-state index in [-0.39, 0.29) is 5.54 Å². The molecule has 1 unspecified atom stereocenters. The molecule has 1 atom stereocenters. The van der Waals surface area contributed by atoms with Crippen LogP contribution in [0.25, 0.3) is 0 Å². The van der Waals surface area contributed by atoms with Gasteiger partial charge in [0.25, 0.3) is 0 Å². The second kappa shape index (κ2) is 4.01. The lowest BCUT2D eigenvalue weighted by molar-refractivity contribution is 0.198. The van der Waals surface area contributed by atoms with Gasteiger partial charge in [-0.05, 0) is 39.9 Å². The Hall–Kier alpha value is -1.16. The van der Waals surface area contributed by atoms with Crippen LogP contribution in [-0.2, 0) is 0 Å². The molecule has 0 radical (unpaired) electrons. The van der Waals surface area contributed by atoms with Gasteiger partial charge in [0.05, 0.1) is 0 Å². The van der Waals surface area contributed by atoms with Crippen LogP contribution in [0.1, 0.15) is 18.9 Å². The van der Waals surface area contributed by atoms with Gasteiger partial charge >= 0.3 is 0 Å². The topological polar surface area (TPSA) is 32.3 Å². The lowest BCUT2D eigenvalue weighted by Crippen LogP contribution is -2.43. The number of rotatable bonds is 2. The van der Waals surface area contributed by atoms with Gasteiger partial charge in [0.2, 0.25) is 5.95 Å². The highest BCUT2D eigenvalue weighted by Crippen LogP contribution is 2.27. The van der Waals surface area contributed by atoms with Crippen molar-refractivity contribution >= 4 is 5.95 Å². The Morgan fingerprint density at radius 2 is 1.94 bits per heavy atom. The molecule has 0 N–H and O–H groups in total. The predicted molar refractivity (Wildman–Crippen MR) is 65.7 cm³/mol. The van der Waals surface area contributed by atoms with Crippen molar-refractivity contribution in [1.29, 1.82) is 0 Å². The van der Waals surface area contributed by atoms with Crippen molar-refractivity contribution in [2.24, 2.45) is 0 Å². The highest BCUT2D eigenvalue weighted by molar-refractivity contribution is 5.33. The summed E-state index contributed by atoms with van der Waals surface area (Å²) in [4.78, 5) is 13.3. The Balaban J connectivity index is 2.12. The quantitative estimate of drug-likeness (QED) is 0.752. The third kappa shape index (κ3) is 2.02. The minimum absolute atomic E-state index is 0.244. The molecule has 0 saturated carbocycles. The summed E-state index contributed by atoms with van der Waals surface area (Å²) in [6, 6.07) is 0. The minimum Gasteiger partial charge on any atom is -0.339 e. The molecule has 0 bridgehead atoms. The smallest absolute Gasteiger partial charge is 0.225 e. The van der Waals surface area contributed by atoms with Gasteiger partial charge in [-0.15, -0.1) is 0 Å². The number of likely N-dealkylation sites (N-methyl/N-ethyl adjacent to an activating group) is 1. The van der Waals surface area contributed by atoms with Crippen LogP contribution in [0.15, 0.2) is 12.4 Å². The molecule has 0 aromatic carbocycles. The highest BCUT2D eigenvalue weighted by atomic mass is 15.3. The number of hydrogen-bond acceptors (Lipinski definition) is 4. The van der Waals surface area contributed by atoms with Crippen molar-refractivity contribution in [3.63, 3.8) is 0 Å². The summed E-state index contributed by atoms with van der Waals surface area (Å²) in [5.74, 6) is 0.858. The second-order valence-electron chi connectivity index (χ2n) is 5.12. The normalized spacial score (nSPS) is 25.4. The molecule has 2 rings (SSSR count). The van der Waals surface area contributed by atoms with E-state index in [9.17, 15) is 0 Å². The van der Waals surface area contributed by atoms with Gasteiger partial charge in [-0.2, -0.15) is 0 Å². The molecule has 1 aromatic heterocycles. The maximum Gasteiger partial charge on any atom is 0.225 e. The fourth-order valence-corrected chi connectivity index (χ4v) is 2.03. The van der Waals surface area contributed by atoms with Crippen molar-refractivity contribution in [3.8, 4) is 0 Å². The zero-order valence-electron chi connectivity index (χ0n) is 10.6. The number of hydrogen-bond donors (Lipinski definition) is 0. The van der Waals surface area contributed by atoms with E-state index in [4.69, 9.17) is 0 Å². The first-order valence-electron chi connectivity index (χ1n) is 5.72. The zero-order valence-corrected chi connectivity index (χ0v) is 10.6. The number of anilines is 1. The summed E-state index contributed by atoms with van der Waals surface area (Å²) in [6.45, 7) is 6.35. The maximum atomic E-state index is 4.38. The average Bonchev–Trinajstić information content (AvgIpc) is 2.63. The summed E-state index contributed by atoms with van der Waals surface area (Å²) >= 11 is 0. The molecule has 1 fully saturated rings. The first-order valence-corrected chi connectivity index (χ1v) is 5.72. The fraction of sp³-hybridized carbons (Fsp3) is 0.667. The molecular weight excluding hydrogens is 200 g/mol. The minimum atomic E-state index is 0.244. The predicted octanol–water partition coefficient (Wildman–Crippen LogP) is 1.32. The maximum absolute atomic E-state index is 4.38. The van der Waals surface area contributed by atoms with Crippen molar-refractivity contribution in [3.05, 3.63) is 18.0 Å². The van der Waals surface area contributed by atoms with Crippen molar-refractivity contribution < 1.29 is 0 Å². The van der Waals surface area contributed by atoms with Gasteiger partial charge in [0.1, 0.15) is 0 Å². The fourth-order valence-electron chi connectivity index (χ4n) is 2.03. The number of aromatic nitrogens is 2. The standard InChI is InChI=1S/C12H20N4/c1-10-7-13-11(14-8-10)16-6-5-12(2,9-16)15(3)4/h7-8H,5-6,9H2,1-4H3. The molecule has 4 nitrogen and oxygen atoms in total. The second-order valence-corrected chi connectivity index (χ2v) is 5.12. The van der Waals surface area contributed by atoms with Crippen LogP contribution in [0.3, 0.4) is 0 Å². The van der Waals surface area contributed by atoms with Gasteiger partial charge in [0.15, 0.2) is 0 Å². The van der Waals surface area contributed by atoms with E-state index < -0.39 is 0 Å². The van der Waals surface area contributed by atoms with E-state index in [2.05, 4.69) is 40.8 Å². The van der Waals surface area contributed by atoms with Gasteiger partial charge in [-0.3, -0.25) is 0 Å². The third-order valence-corrected chi connectivity index (χ3v) is 3.58. The first kappa shape index (κ1) is 11.3. The molecule has 0 amide bonds. The summed E-state index contributed by atoms with van der Waals surface area (Å²) in [6.07, 6.45) is 4.93. The molecule has 88 valence electrons. The molecule has 0 spiro atoms. The Kier molecular flexibility index (Phi) is 2.84. The third-order valence-electron chi connectivity index (χ3n) is 3.58. The number of aryl methyl sites for hydroxylation is 1. The van der Waals surface area contributed by atoms with Crippen molar-refractivity contribution in [1.82, 2.24) is 14.9 Å². The largest absolute Gasteiger partial charge is 0.339 e. The lowest BCUT2D eigenvalue weighted by atomic mass is 10.0. The van der Waals surface area contributed by atoms with Crippen LogP contribution < -0.4 is 4.90 Å². The molecular formula is C12H20N4. The zero-order chi connectivity index (χ0) is 11.8. The van der Waals surface area contributed by atoms with Crippen LogP contribution in [0, 0.1) is 6.92 Å². The van der Waals surface area contributed by atoms with Gasteiger partial charge in [0, 0.05) is 31.0 Å². The van der Waals surface area contributed by atoms with Crippen LogP contribution in [0.4, 0.5) is 5.95 Å². The van der Waals surface area contributed by atoms with E-state index in [0.29, 0.717) is 0 Å². The molecule has 2 heterocycles. The van der Waals surface area contributed by atoms with Crippen LogP contribution in [0.2, 0.25) is 0 Å². The highest BCUT2D eigenvalue weighted by Gasteiger charge is 2.36. The molecule has 4 heteroatoms. The van der Waals surface area contributed by atoms with Gasteiger partial charge in [-0.25, -0.2) is 9.97 Å². The van der Waals surface area contributed by atoms with Crippen molar-refractivity contribution in [2.45, 2.75) is 25.8 Å². The van der Waals surface area contributed by atoms with E-state index in [1.807, 2.05) is 19.3 Å². The molecule has 0 aliphatic carbocycles. The lowest BCUT2D eigenvalue weighted by Gasteiger charge is -2.32. The van der Waals surface area contributed by atoms with E-state index in [1.165, 1.54) is 0 Å². The van der Waals surface area contributed by atoms with Gasteiger partial charge in [-0.1, -0.05) is 0 Å². The van der Waals surface area contributed by atoms with E-state index in [0.717, 1.165) is 31.0 Å². The molecule has 1 aliphatic heterocycles. The van der Waals surface area contributed by atoms with Crippen LogP contribution in [0.5, 0.6) is 0 Å². The monoisotopic (exact) mass is 220 g/mol. The summed E-state index contributed by atoms with van der Waals surface area (Å²) in [5.41, 5.74) is 1.35. The summed E-state index contributed by atoms with van der Waals surface area (Å²) in [7, 11) is 4.28. The average molecular weight is 220 g/mol.